The van der Waals surface area contributed by atoms with E-state index in [1.54, 1.807) is 22.8 Å². The van der Waals surface area contributed by atoms with Crippen LogP contribution in [-0.4, -0.2) is 46.3 Å². The molecule has 24 heavy (non-hydrogen) atoms. The fourth-order valence-electron chi connectivity index (χ4n) is 2.77. The maximum atomic E-state index is 12.1. The molecule has 1 aliphatic rings. The third-order valence-electron chi connectivity index (χ3n) is 4.24. The zero-order valence-corrected chi connectivity index (χ0v) is 13.8. The molecule has 1 aromatic carbocycles. The molecule has 0 unspecified atom stereocenters. The van der Waals surface area contributed by atoms with Crippen molar-refractivity contribution >= 4 is 11.9 Å². The number of benzene rings is 1. The number of hydrogen-bond acceptors (Lipinski definition) is 3. The molecule has 126 valence electrons. The van der Waals surface area contributed by atoms with Crippen LogP contribution in [0, 0.1) is 0 Å². The molecule has 7 nitrogen and oxygen atoms in total. The summed E-state index contributed by atoms with van der Waals surface area (Å²) in [6, 6.07) is 8.77. The summed E-state index contributed by atoms with van der Waals surface area (Å²) in [5.74, 6) is -0.0404. The fourth-order valence-corrected chi connectivity index (χ4v) is 2.77. The first-order chi connectivity index (χ1) is 11.5. The average Bonchev–Trinajstić information content (AvgIpc) is 3.21. The van der Waals surface area contributed by atoms with Crippen LogP contribution in [0.5, 0.6) is 0 Å². The summed E-state index contributed by atoms with van der Waals surface area (Å²) < 4.78 is 1.77. The van der Waals surface area contributed by atoms with Crippen molar-refractivity contribution in [2.75, 3.05) is 13.6 Å². The van der Waals surface area contributed by atoms with Crippen LogP contribution in [0.4, 0.5) is 4.79 Å². The van der Waals surface area contributed by atoms with E-state index in [1.807, 2.05) is 43.5 Å². The second-order valence-corrected chi connectivity index (χ2v) is 5.98. The van der Waals surface area contributed by atoms with Gasteiger partial charge in [-0.05, 0) is 37.1 Å². The largest absolute Gasteiger partial charge is 0.344 e. The molecule has 3 rings (SSSR count). The predicted molar refractivity (Wildman–Crippen MR) is 89.7 cm³/mol. The number of nitrogens with zero attached hydrogens (tertiary/aromatic N) is 3. The van der Waals surface area contributed by atoms with Crippen LogP contribution in [0.15, 0.2) is 42.7 Å². The number of hydrogen-bond donors (Lipinski definition) is 2. The minimum Gasteiger partial charge on any atom is -0.344 e. The number of likely N-dealkylation sites (tertiary alicyclic amines) is 1. The molecular weight excluding hydrogens is 306 g/mol. The van der Waals surface area contributed by atoms with Gasteiger partial charge < -0.3 is 15.5 Å². The van der Waals surface area contributed by atoms with Gasteiger partial charge in [-0.3, -0.25) is 4.79 Å². The zero-order chi connectivity index (χ0) is 17.1. The number of carbonyl (C=O) groups is 2. The van der Waals surface area contributed by atoms with Crippen LogP contribution in [-0.2, 0) is 4.79 Å². The number of amides is 3. The summed E-state index contributed by atoms with van der Waals surface area (Å²) >= 11 is 0. The van der Waals surface area contributed by atoms with Gasteiger partial charge >= 0.3 is 6.03 Å². The van der Waals surface area contributed by atoms with E-state index in [9.17, 15) is 9.59 Å². The maximum absolute atomic E-state index is 12.1. The number of likely N-dealkylation sites (N-methyl/N-ethyl adjacent to an activating group) is 1. The van der Waals surface area contributed by atoms with Gasteiger partial charge in [0, 0.05) is 26.0 Å². The van der Waals surface area contributed by atoms with E-state index in [0.717, 1.165) is 11.3 Å². The van der Waals surface area contributed by atoms with Gasteiger partial charge in [0.05, 0.1) is 11.7 Å². The molecule has 7 heteroatoms. The first kappa shape index (κ1) is 16.0. The van der Waals surface area contributed by atoms with Crippen LogP contribution in [0.3, 0.4) is 0 Å². The lowest BCUT2D eigenvalue weighted by molar-refractivity contribution is -0.128. The molecule has 2 heterocycles. The molecule has 2 aromatic rings. The molecule has 2 atom stereocenters. The number of aromatic nitrogens is 2. The van der Waals surface area contributed by atoms with Crippen molar-refractivity contribution in [1.82, 2.24) is 25.3 Å². The summed E-state index contributed by atoms with van der Waals surface area (Å²) in [5.41, 5.74) is 1.94. The summed E-state index contributed by atoms with van der Waals surface area (Å²) in [6.07, 6.45) is 4.25. The van der Waals surface area contributed by atoms with Crippen LogP contribution in [0.1, 0.15) is 24.9 Å². The van der Waals surface area contributed by atoms with E-state index >= 15 is 0 Å². The molecule has 2 N–H and O–H groups in total. The highest BCUT2D eigenvalue weighted by atomic mass is 16.2. The Morgan fingerprint density at radius 3 is 2.67 bits per heavy atom. The first-order valence-electron chi connectivity index (χ1n) is 7.96. The van der Waals surface area contributed by atoms with Gasteiger partial charge in [0.2, 0.25) is 5.91 Å². The van der Waals surface area contributed by atoms with Gasteiger partial charge in [0.25, 0.3) is 0 Å². The Morgan fingerprint density at radius 2 is 2.08 bits per heavy atom. The van der Waals surface area contributed by atoms with E-state index < -0.39 is 6.04 Å². The molecule has 0 radical (unpaired) electrons. The number of carbonyl (C=O) groups excluding carboxylic acids is 2. The minimum atomic E-state index is -0.426. The normalized spacial score (nSPS) is 18.5. The number of urea groups is 1. The Morgan fingerprint density at radius 1 is 1.33 bits per heavy atom. The van der Waals surface area contributed by atoms with Gasteiger partial charge in [0.15, 0.2) is 0 Å². The van der Waals surface area contributed by atoms with E-state index in [0.29, 0.717) is 13.0 Å². The zero-order valence-electron chi connectivity index (χ0n) is 13.8. The van der Waals surface area contributed by atoms with Gasteiger partial charge in [-0.2, -0.15) is 5.10 Å². The molecule has 1 aliphatic heterocycles. The average molecular weight is 327 g/mol. The van der Waals surface area contributed by atoms with Crippen molar-refractivity contribution < 1.29 is 9.59 Å². The Labute approximate surface area is 140 Å². The van der Waals surface area contributed by atoms with Crippen LogP contribution in [0.25, 0.3) is 5.69 Å². The minimum absolute atomic E-state index is 0.0404. The van der Waals surface area contributed by atoms with E-state index in [-0.39, 0.29) is 18.0 Å². The first-order valence-corrected chi connectivity index (χ1v) is 7.96. The van der Waals surface area contributed by atoms with Gasteiger partial charge in [-0.25, -0.2) is 9.48 Å². The molecule has 3 amide bonds. The summed E-state index contributed by atoms with van der Waals surface area (Å²) in [7, 11) is 1.74. The SMILES string of the molecule is C[C@H](NC(=O)N[C@H]1CCN(C)C1=O)c1ccc(-n2cccn2)cc1. The van der Waals surface area contributed by atoms with Crippen LogP contribution < -0.4 is 10.6 Å². The van der Waals surface area contributed by atoms with E-state index in [1.165, 1.54) is 0 Å². The van der Waals surface area contributed by atoms with Crippen molar-refractivity contribution in [2.24, 2.45) is 0 Å². The highest BCUT2D eigenvalue weighted by Gasteiger charge is 2.30. The lowest BCUT2D eigenvalue weighted by atomic mass is 10.1. The van der Waals surface area contributed by atoms with Gasteiger partial charge in [-0.15, -0.1) is 0 Å². The van der Waals surface area contributed by atoms with Gasteiger partial charge in [-0.1, -0.05) is 12.1 Å². The second-order valence-electron chi connectivity index (χ2n) is 5.98. The fraction of sp³-hybridized carbons (Fsp3) is 0.353. The van der Waals surface area contributed by atoms with E-state index in [4.69, 9.17) is 0 Å². The lowest BCUT2D eigenvalue weighted by Crippen LogP contribution is -2.46. The van der Waals surface area contributed by atoms with Crippen molar-refractivity contribution in [1.29, 1.82) is 0 Å². The highest BCUT2D eigenvalue weighted by molar-refractivity contribution is 5.88. The Bertz CT molecular complexity index is 711. The summed E-state index contributed by atoms with van der Waals surface area (Å²) in [4.78, 5) is 25.5. The van der Waals surface area contributed by atoms with Crippen molar-refractivity contribution in [3.63, 3.8) is 0 Å². The smallest absolute Gasteiger partial charge is 0.315 e. The summed E-state index contributed by atoms with van der Waals surface area (Å²) in [5, 5.41) is 9.79. The standard InChI is InChI=1S/C17H21N5O2/c1-12(19-17(24)20-15-8-11-21(2)16(15)23)13-4-6-14(7-5-13)22-10-3-9-18-22/h3-7,9-10,12,15H,8,11H2,1-2H3,(H2,19,20,24)/t12-,15-/m0/s1. The highest BCUT2D eigenvalue weighted by Crippen LogP contribution is 2.15. The third-order valence-corrected chi connectivity index (χ3v) is 4.24. The monoisotopic (exact) mass is 327 g/mol. The Balaban J connectivity index is 1.57. The quantitative estimate of drug-likeness (QED) is 0.892. The van der Waals surface area contributed by atoms with Crippen molar-refractivity contribution in [3.05, 3.63) is 48.3 Å². The molecule has 0 aliphatic carbocycles. The van der Waals surface area contributed by atoms with Crippen molar-refractivity contribution in [2.45, 2.75) is 25.4 Å². The Kier molecular flexibility index (Phi) is 4.50. The van der Waals surface area contributed by atoms with Gasteiger partial charge in [0.1, 0.15) is 6.04 Å². The number of nitrogens with one attached hydrogen (secondary N) is 2. The topological polar surface area (TPSA) is 79.3 Å². The second kappa shape index (κ2) is 6.74. The molecule has 1 aromatic heterocycles. The lowest BCUT2D eigenvalue weighted by Gasteiger charge is -2.18. The molecule has 0 bridgehead atoms. The molecule has 0 saturated carbocycles. The van der Waals surface area contributed by atoms with E-state index in [2.05, 4.69) is 15.7 Å². The molecular formula is C17H21N5O2. The molecule has 0 spiro atoms. The predicted octanol–water partition coefficient (Wildman–Crippen LogP) is 1.46. The molecule has 1 saturated heterocycles. The summed E-state index contributed by atoms with van der Waals surface area (Å²) in [6.45, 7) is 2.58. The van der Waals surface area contributed by atoms with Crippen LogP contribution in [0.2, 0.25) is 0 Å². The van der Waals surface area contributed by atoms with Crippen molar-refractivity contribution in [3.8, 4) is 5.69 Å². The molecule has 1 fully saturated rings. The number of rotatable bonds is 4. The third kappa shape index (κ3) is 3.40. The maximum Gasteiger partial charge on any atom is 0.315 e. The Hall–Kier alpha value is -2.83. The van der Waals surface area contributed by atoms with Crippen LogP contribution >= 0.6 is 0 Å².